The number of methoxy groups -OCH3 is 1. The van der Waals surface area contributed by atoms with Crippen LogP contribution in [-0.2, 0) is 21.2 Å². The van der Waals surface area contributed by atoms with Crippen molar-refractivity contribution in [1.29, 1.82) is 0 Å². The first-order valence-corrected chi connectivity index (χ1v) is 9.17. The van der Waals surface area contributed by atoms with Crippen LogP contribution in [0.2, 0.25) is 0 Å². The predicted octanol–water partition coefficient (Wildman–Crippen LogP) is 1.50. The fraction of sp³-hybridized carbons (Fsp3) is 0.562. The summed E-state index contributed by atoms with van der Waals surface area (Å²) in [6, 6.07) is 4.78. The zero-order valence-corrected chi connectivity index (χ0v) is 14.7. The Balaban J connectivity index is 2.17. The maximum absolute atomic E-state index is 12.2. The Morgan fingerprint density at radius 3 is 2.48 bits per heavy atom. The summed E-state index contributed by atoms with van der Waals surface area (Å²) >= 11 is 0. The van der Waals surface area contributed by atoms with Crippen LogP contribution in [0.25, 0.3) is 0 Å². The van der Waals surface area contributed by atoms with Crippen LogP contribution in [-0.4, -0.2) is 57.8 Å². The predicted molar refractivity (Wildman–Crippen MR) is 88.0 cm³/mol. The molecule has 0 atom stereocenters. The van der Waals surface area contributed by atoms with Gasteiger partial charge in [0, 0.05) is 33.6 Å². The molecule has 0 saturated carbocycles. The van der Waals surface area contributed by atoms with Crippen LogP contribution in [0.4, 0.5) is 0 Å². The largest absolute Gasteiger partial charge is 0.496 e. The SMILES string of the molecule is COc1ccc(S(=O)(=O)N(C)C)cc1CCC(=O)N1CCCC1. The average Bonchev–Trinajstić information content (AvgIpc) is 3.06. The first-order valence-electron chi connectivity index (χ1n) is 7.73. The fourth-order valence-corrected chi connectivity index (χ4v) is 3.64. The third-order valence-electron chi connectivity index (χ3n) is 4.10. The molecule has 7 heteroatoms. The summed E-state index contributed by atoms with van der Waals surface area (Å²) in [6.07, 6.45) is 2.95. The number of hydrogen-bond donors (Lipinski definition) is 0. The number of carbonyl (C=O) groups excluding carboxylic acids is 1. The molecular weight excluding hydrogens is 316 g/mol. The van der Waals surface area contributed by atoms with Gasteiger partial charge in [0.25, 0.3) is 0 Å². The van der Waals surface area contributed by atoms with E-state index >= 15 is 0 Å². The van der Waals surface area contributed by atoms with E-state index in [1.165, 1.54) is 24.5 Å². The van der Waals surface area contributed by atoms with Gasteiger partial charge in [-0.1, -0.05) is 0 Å². The Morgan fingerprint density at radius 1 is 1.26 bits per heavy atom. The number of benzene rings is 1. The molecule has 0 aliphatic carbocycles. The Morgan fingerprint density at radius 2 is 1.91 bits per heavy atom. The Kier molecular flexibility index (Phi) is 5.64. The summed E-state index contributed by atoms with van der Waals surface area (Å²) < 4.78 is 31.0. The molecule has 1 amide bonds. The molecule has 0 bridgehead atoms. The van der Waals surface area contributed by atoms with Gasteiger partial charge in [-0.25, -0.2) is 12.7 Å². The third-order valence-corrected chi connectivity index (χ3v) is 5.91. The Bertz CT molecular complexity index is 665. The van der Waals surface area contributed by atoms with Crippen LogP contribution in [0.5, 0.6) is 5.75 Å². The van der Waals surface area contributed by atoms with Gasteiger partial charge in [-0.15, -0.1) is 0 Å². The summed E-state index contributed by atoms with van der Waals surface area (Å²) in [5.41, 5.74) is 0.739. The molecule has 1 heterocycles. The van der Waals surface area contributed by atoms with Gasteiger partial charge >= 0.3 is 0 Å². The quantitative estimate of drug-likeness (QED) is 0.787. The number of nitrogens with zero attached hydrogens (tertiary/aromatic N) is 2. The molecular formula is C16H24N2O4S. The number of rotatable bonds is 6. The van der Waals surface area contributed by atoms with Gasteiger partial charge in [0.1, 0.15) is 5.75 Å². The number of amides is 1. The highest BCUT2D eigenvalue weighted by molar-refractivity contribution is 7.89. The highest BCUT2D eigenvalue weighted by Gasteiger charge is 2.21. The number of carbonyl (C=O) groups is 1. The molecule has 1 aliphatic heterocycles. The maximum Gasteiger partial charge on any atom is 0.242 e. The standard InChI is InChI=1S/C16H24N2O4S/c1-17(2)23(20,21)14-7-8-15(22-3)13(12-14)6-9-16(19)18-10-4-5-11-18/h7-8,12H,4-6,9-11H2,1-3H3. The smallest absolute Gasteiger partial charge is 0.242 e. The molecule has 1 saturated heterocycles. The summed E-state index contributed by atoms with van der Waals surface area (Å²) in [5, 5.41) is 0. The van der Waals surface area contributed by atoms with E-state index in [0.717, 1.165) is 31.5 Å². The van der Waals surface area contributed by atoms with Crippen molar-refractivity contribution in [2.45, 2.75) is 30.6 Å². The molecule has 2 rings (SSSR count). The maximum atomic E-state index is 12.2. The first-order chi connectivity index (χ1) is 10.9. The van der Waals surface area contributed by atoms with E-state index in [-0.39, 0.29) is 10.8 Å². The Hall–Kier alpha value is -1.60. The molecule has 23 heavy (non-hydrogen) atoms. The molecule has 128 valence electrons. The van der Waals surface area contributed by atoms with E-state index in [9.17, 15) is 13.2 Å². The number of likely N-dealkylation sites (tertiary alicyclic amines) is 1. The molecule has 6 nitrogen and oxygen atoms in total. The number of hydrogen-bond acceptors (Lipinski definition) is 4. The second-order valence-corrected chi connectivity index (χ2v) is 8.00. The number of ether oxygens (including phenoxy) is 1. The lowest BCUT2D eigenvalue weighted by Gasteiger charge is -2.17. The summed E-state index contributed by atoms with van der Waals surface area (Å²) in [5.74, 6) is 0.724. The van der Waals surface area contributed by atoms with Crippen molar-refractivity contribution >= 4 is 15.9 Å². The molecule has 0 spiro atoms. The molecule has 0 radical (unpaired) electrons. The van der Waals surface area contributed by atoms with Crippen LogP contribution in [0, 0.1) is 0 Å². The van der Waals surface area contributed by atoms with Gasteiger partial charge < -0.3 is 9.64 Å². The normalized spacial score (nSPS) is 15.2. The van der Waals surface area contributed by atoms with Crippen LogP contribution < -0.4 is 4.74 Å². The zero-order valence-electron chi connectivity index (χ0n) is 13.9. The van der Waals surface area contributed by atoms with E-state index in [4.69, 9.17) is 4.74 Å². The van der Waals surface area contributed by atoms with Crippen molar-refractivity contribution in [3.8, 4) is 5.75 Å². The second kappa shape index (κ2) is 7.31. The lowest BCUT2D eigenvalue weighted by atomic mass is 10.1. The van der Waals surface area contributed by atoms with Gasteiger partial charge in [-0.05, 0) is 43.0 Å². The van der Waals surface area contributed by atoms with Crippen LogP contribution in [0.3, 0.4) is 0 Å². The van der Waals surface area contributed by atoms with Crippen molar-refractivity contribution in [2.24, 2.45) is 0 Å². The van der Waals surface area contributed by atoms with Gasteiger partial charge in [0.2, 0.25) is 15.9 Å². The lowest BCUT2D eigenvalue weighted by molar-refractivity contribution is -0.130. The minimum Gasteiger partial charge on any atom is -0.496 e. The second-order valence-electron chi connectivity index (χ2n) is 5.85. The van der Waals surface area contributed by atoms with Gasteiger partial charge in [-0.2, -0.15) is 0 Å². The van der Waals surface area contributed by atoms with Gasteiger partial charge in [0.05, 0.1) is 12.0 Å². The van der Waals surface area contributed by atoms with Gasteiger partial charge in [0.15, 0.2) is 0 Å². The fourth-order valence-electron chi connectivity index (χ4n) is 2.69. The molecule has 1 aromatic rings. The lowest BCUT2D eigenvalue weighted by Crippen LogP contribution is -2.27. The minimum absolute atomic E-state index is 0.116. The topological polar surface area (TPSA) is 66.9 Å². The summed E-state index contributed by atoms with van der Waals surface area (Å²) in [4.78, 5) is 14.2. The number of sulfonamides is 1. The molecule has 0 N–H and O–H groups in total. The van der Waals surface area contributed by atoms with Gasteiger partial charge in [-0.3, -0.25) is 4.79 Å². The highest BCUT2D eigenvalue weighted by atomic mass is 32.2. The molecule has 0 unspecified atom stereocenters. The van der Waals surface area contributed by atoms with Crippen molar-refractivity contribution in [2.75, 3.05) is 34.3 Å². The van der Waals surface area contributed by atoms with Crippen molar-refractivity contribution in [3.63, 3.8) is 0 Å². The Labute approximate surface area is 138 Å². The first kappa shape index (κ1) is 17.7. The van der Waals surface area contributed by atoms with Crippen LogP contribution in [0.1, 0.15) is 24.8 Å². The molecule has 1 aliphatic rings. The number of aryl methyl sites for hydroxylation is 1. The van der Waals surface area contributed by atoms with E-state index in [0.29, 0.717) is 18.6 Å². The summed E-state index contributed by atoms with van der Waals surface area (Å²) in [7, 11) is 1.04. The molecule has 1 fully saturated rings. The molecule has 0 aromatic heterocycles. The van der Waals surface area contributed by atoms with Crippen molar-refractivity contribution < 1.29 is 17.9 Å². The zero-order chi connectivity index (χ0) is 17.0. The summed E-state index contributed by atoms with van der Waals surface area (Å²) in [6.45, 7) is 1.65. The monoisotopic (exact) mass is 340 g/mol. The average molecular weight is 340 g/mol. The van der Waals surface area contributed by atoms with E-state index in [1.54, 1.807) is 19.2 Å². The van der Waals surface area contributed by atoms with Crippen molar-refractivity contribution in [1.82, 2.24) is 9.21 Å². The van der Waals surface area contributed by atoms with Crippen LogP contribution >= 0.6 is 0 Å². The minimum atomic E-state index is -3.50. The van der Waals surface area contributed by atoms with E-state index in [1.807, 2.05) is 4.90 Å². The third kappa shape index (κ3) is 4.03. The molecule has 1 aromatic carbocycles. The van der Waals surface area contributed by atoms with Crippen LogP contribution in [0.15, 0.2) is 23.1 Å². The van der Waals surface area contributed by atoms with E-state index < -0.39 is 10.0 Å². The van der Waals surface area contributed by atoms with Crippen molar-refractivity contribution in [3.05, 3.63) is 23.8 Å². The van der Waals surface area contributed by atoms with E-state index in [2.05, 4.69) is 0 Å². The highest BCUT2D eigenvalue weighted by Crippen LogP contribution is 2.25.